The lowest BCUT2D eigenvalue weighted by molar-refractivity contribution is -0.130. The van der Waals surface area contributed by atoms with Crippen LogP contribution in [-0.4, -0.2) is 36.5 Å². The van der Waals surface area contributed by atoms with Crippen LogP contribution in [0.1, 0.15) is 12.5 Å². The van der Waals surface area contributed by atoms with E-state index in [9.17, 15) is 9.90 Å². The Bertz CT molecular complexity index is 791. The number of carbonyl (C=O) groups excluding carboxylic acids is 1. The van der Waals surface area contributed by atoms with Gasteiger partial charge in [-0.1, -0.05) is 12.1 Å². The zero-order valence-corrected chi connectivity index (χ0v) is 13.6. The minimum atomic E-state index is -0.791. The van der Waals surface area contributed by atoms with E-state index >= 15 is 0 Å². The normalized spacial score (nSPS) is 15.8. The summed E-state index contributed by atoms with van der Waals surface area (Å²) in [5.41, 5.74) is 2.84. The van der Waals surface area contributed by atoms with Crippen LogP contribution in [0.5, 0.6) is 23.0 Å². The summed E-state index contributed by atoms with van der Waals surface area (Å²) in [7, 11) is 0. The number of aromatic hydroxyl groups is 1. The maximum atomic E-state index is 12.1. The second-order valence-electron chi connectivity index (χ2n) is 5.25. The number of nitrogens with zero attached hydrogens (tertiary/aromatic N) is 1. The molecule has 0 unspecified atom stereocenters. The van der Waals surface area contributed by atoms with Gasteiger partial charge in [0.15, 0.2) is 11.5 Å². The second kappa shape index (κ2) is 7.57. The van der Waals surface area contributed by atoms with Crippen LogP contribution in [0, 0.1) is 0 Å². The molecule has 2 N–H and O–H groups in total. The zero-order chi connectivity index (χ0) is 17.6. The largest absolute Gasteiger partial charge is 0.507 e. The van der Waals surface area contributed by atoms with Crippen LogP contribution in [0.25, 0.3) is 0 Å². The first-order valence-electron chi connectivity index (χ1n) is 7.84. The zero-order valence-electron chi connectivity index (χ0n) is 13.6. The first kappa shape index (κ1) is 16.6. The smallest absolute Gasteiger partial charge is 0.284 e. The highest BCUT2D eigenvalue weighted by molar-refractivity contribution is 5.86. The summed E-state index contributed by atoms with van der Waals surface area (Å²) in [5, 5.41) is 13.8. The fourth-order valence-corrected chi connectivity index (χ4v) is 2.28. The summed E-state index contributed by atoms with van der Waals surface area (Å²) in [6, 6.07) is 12.0. The molecule has 1 heterocycles. The van der Waals surface area contributed by atoms with Crippen molar-refractivity contribution in [1.29, 1.82) is 0 Å². The highest BCUT2D eigenvalue weighted by atomic mass is 16.6. The predicted molar refractivity (Wildman–Crippen MR) is 91.4 cm³/mol. The van der Waals surface area contributed by atoms with Gasteiger partial charge in [0.1, 0.15) is 18.1 Å². The number of ether oxygens (including phenoxy) is 3. The third kappa shape index (κ3) is 4.00. The van der Waals surface area contributed by atoms with Gasteiger partial charge in [0.05, 0.1) is 12.8 Å². The summed E-state index contributed by atoms with van der Waals surface area (Å²) >= 11 is 0. The van der Waals surface area contributed by atoms with E-state index in [-0.39, 0.29) is 12.4 Å². The molecule has 1 atom stereocenters. The predicted octanol–water partition coefficient (Wildman–Crippen LogP) is 2.08. The van der Waals surface area contributed by atoms with Crippen molar-refractivity contribution in [2.24, 2.45) is 5.10 Å². The van der Waals surface area contributed by atoms with E-state index in [0.29, 0.717) is 29.4 Å². The number of phenolic OH excluding ortho intramolecular Hbond substituents is 1. The number of nitrogens with one attached hydrogen (secondary N) is 1. The Morgan fingerprint density at radius 2 is 2.16 bits per heavy atom. The molecule has 0 saturated heterocycles. The van der Waals surface area contributed by atoms with Gasteiger partial charge in [-0.25, -0.2) is 5.43 Å². The molecule has 7 heteroatoms. The van der Waals surface area contributed by atoms with Crippen molar-refractivity contribution in [1.82, 2.24) is 5.43 Å². The summed E-state index contributed by atoms with van der Waals surface area (Å²) in [6.07, 6.45) is 0.557. The van der Waals surface area contributed by atoms with Crippen LogP contribution in [-0.2, 0) is 4.79 Å². The molecule has 3 rings (SSSR count). The van der Waals surface area contributed by atoms with Gasteiger partial charge in [-0.3, -0.25) is 4.79 Å². The SMILES string of the molecule is CCOc1ccc(/C=N\NC(=O)[C@@H]2COc3ccccc3O2)c(O)c1. The Morgan fingerprint density at radius 1 is 1.36 bits per heavy atom. The average Bonchev–Trinajstić information content (AvgIpc) is 2.63. The lowest BCUT2D eigenvalue weighted by Gasteiger charge is -2.24. The average molecular weight is 342 g/mol. The van der Waals surface area contributed by atoms with Crippen LogP contribution >= 0.6 is 0 Å². The van der Waals surface area contributed by atoms with Gasteiger partial charge in [0, 0.05) is 11.6 Å². The van der Waals surface area contributed by atoms with Gasteiger partial charge in [0.2, 0.25) is 6.10 Å². The second-order valence-corrected chi connectivity index (χ2v) is 5.25. The summed E-state index contributed by atoms with van der Waals surface area (Å²) < 4.78 is 16.4. The Hall–Kier alpha value is -3.22. The number of phenols is 1. The van der Waals surface area contributed by atoms with Crippen LogP contribution < -0.4 is 19.6 Å². The van der Waals surface area contributed by atoms with E-state index in [0.717, 1.165) is 0 Å². The molecular weight excluding hydrogens is 324 g/mol. The quantitative estimate of drug-likeness (QED) is 0.641. The van der Waals surface area contributed by atoms with Crippen molar-refractivity contribution in [2.75, 3.05) is 13.2 Å². The lowest BCUT2D eigenvalue weighted by Crippen LogP contribution is -2.42. The van der Waals surface area contributed by atoms with E-state index in [1.807, 2.05) is 13.0 Å². The first-order valence-corrected chi connectivity index (χ1v) is 7.84. The minimum Gasteiger partial charge on any atom is -0.507 e. The lowest BCUT2D eigenvalue weighted by atomic mass is 10.2. The van der Waals surface area contributed by atoms with Crippen LogP contribution in [0.4, 0.5) is 0 Å². The van der Waals surface area contributed by atoms with E-state index in [1.165, 1.54) is 12.3 Å². The van der Waals surface area contributed by atoms with Crippen molar-refractivity contribution < 1.29 is 24.1 Å². The van der Waals surface area contributed by atoms with Crippen molar-refractivity contribution in [3.63, 3.8) is 0 Å². The molecule has 2 aromatic rings. The molecule has 0 fully saturated rings. The molecule has 0 saturated carbocycles. The fourth-order valence-electron chi connectivity index (χ4n) is 2.28. The number of benzene rings is 2. The molecule has 1 aliphatic rings. The van der Waals surface area contributed by atoms with Gasteiger partial charge in [-0.05, 0) is 31.2 Å². The van der Waals surface area contributed by atoms with Crippen molar-refractivity contribution in [3.05, 3.63) is 48.0 Å². The highest BCUT2D eigenvalue weighted by Crippen LogP contribution is 2.30. The summed E-state index contributed by atoms with van der Waals surface area (Å²) in [6.45, 7) is 2.47. The Kier molecular flexibility index (Phi) is 5.03. The number of hydrogen-bond acceptors (Lipinski definition) is 6. The molecule has 2 aromatic carbocycles. The van der Waals surface area contributed by atoms with Crippen molar-refractivity contribution >= 4 is 12.1 Å². The molecule has 25 heavy (non-hydrogen) atoms. The molecule has 1 aliphatic heterocycles. The number of hydrogen-bond donors (Lipinski definition) is 2. The minimum absolute atomic E-state index is 0.00938. The number of amides is 1. The molecule has 130 valence electrons. The standard InChI is InChI=1S/C18H18N2O5/c1-2-23-13-8-7-12(14(21)9-13)10-19-20-18(22)17-11-24-15-5-3-4-6-16(15)25-17/h3-10,17,21H,2,11H2,1H3,(H,20,22)/b19-10-/t17-/m0/s1. The maximum Gasteiger partial charge on any atom is 0.284 e. The molecule has 7 nitrogen and oxygen atoms in total. The van der Waals surface area contributed by atoms with Gasteiger partial charge in [-0.2, -0.15) is 5.10 Å². The highest BCUT2D eigenvalue weighted by Gasteiger charge is 2.26. The molecular formula is C18H18N2O5. The number of para-hydroxylation sites is 2. The topological polar surface area (TPSA) is 89.4 Å². The van der Waals surface area contributed by atoms with E-state index in [2.05, 4.69) is 10.5 Å². The van der Waals surface area contributed by atoms with Crippen molar-refractivity contribution in [3.8, 4) is 23.0 Å². The van der Waals surface area contributed by atoms with E-state index in [4.69, 9.17) is 14.2 Å². The van der Waals surface area contributed by atoms with Crippen molar-refractivity contribution in [2.45, 2.75) is 13.0 Å². The molecule has 0 spiro atoms. The first-order chi connectivity index (χ1) is 12.2. The molecule has 0 aromatic heterocycles. The Labute approximate surface area is 144 Å². The molecule has 1 amide bonds. The van der Waals surface area contributed by atoms with Crippen LogP contribution in [0.15, 0.2) is 47.6 Å². The van der Waals surface area contributed by atoms with Gasteiger partial charge < -0.3 is 19.3 Å². The molecule has 0 radical (unpaired) electrons. The van der Waals surface area contributed by atoms with Crippen LogP contribution in [0.3, 0.4) is 0 Å². The van der Waals surface area contributed by atoms with Gasteiger partial charge in [0.25, 0.3) is 5.91 Å². The Balaban J connectivity index is 1.58. The monoisotopic (exact) mass is 342 g/mol. The number of rotatable bonds is 5. The summed E-state index contributed by atoms with van der Waals surface area (Å²) in [5.74, 6) is 1.26. The molecule has 0 aliphatic carbocycles. The fraction of sp³-hybridized carbons (Fsp3) is 0.222. The third-order valence-corrected chi connectivity index (χ3v) is 3.49. The maximum absolute atomic E-state index is 12.1. The summed E-state index contributed by atoms with van der Waals surface area (Å²) in [4.78, 5) is 12.1. The van der Waals surface area contributed by atoms with Crippen LogP contribution in [0.2, 0.25) is 0 Å². The number of hydrazone groups is 1. The molecule has 0 bridgehead atoms. The van der Waals surface area contributed by atoms with Gasteiger partial charge >= 0.3 is 0 Å². The number of carbonyl (C=O) groups is 1. The van der Waals surface area contributed by atoms with E-state index in [1.54, 1.807) is 30.3 Å². The van der Waals surface area contributed by atoms with E-state index < -0.39 is 12.0 Å². The third-order valence-electron chi connectivity index (χ3n) is 3.49. The Morgan fingerprint density at radius 3 is 2.92 bits per heavy atom. The van der Waals surface area contributed by atoms with Gasteiger partial charge in [-0.15, -0.1) is 0 Å². The number of fused-ring (bicyclic) bond motifs is 1.